The van der Waals surface area contributed by atoms with Crippen molar-refractivity contribution < 1.29 is 22.7 Å². The normalized spacial score (nSPS) is 21.6. The minimum Gasteiger partial charge on any atom is -0.372 e. The molecular formula is C26H32N6O5S2. The highest BCUT2D eigenvalue weighted by atomic mass is 32.2. The number of rotatable bonds is 7. The highest BCUT2D eigenvalue weighted by molar-refractivity contribution is 7.90. The molecule has 13 heteroatoms. The molecule has 208 valence electrons. The van der Waals surface area contributed by atoms with Gasteiger partial charge in [-0.25, -0.2) is 18.4 Å². The van der Waals surface area contributed by atoms with Crippen LogP contribution in [-0.4, -0.2) is 82.2 Å². The lowest BCUT2D eigenvalue weighted by atomic mass is 10.0. The first-order valence-corrected chi connectivity index (χ1v) is 15.3. The van der Waals surface area contributed by atoms with Crippen LogP contribution in [-0.2, 0) is 19.6 Å². The zero-order valence-electron chi connectivity index (χ0n) is 22.3. The van der Waals surface area contributed by atoms with Crippen LogP contribution >= 0.6 is 11.3 Å². The Labute approximate surface area is 231 Å². The Bertz CT molecular complexity index is 1470. The quantitative estimate of drug-likeness (QED) is 0.458. The van der Waals surface area contributed by atoms with Gasteiger partial charge in [-0.15, -0.1) is 11.3 Å². The summed E-state index contributed by atoms with van der Waals surface area (Å²) < 4.78 is 31.6. The number of aromatic nitrogens is 3. The molecular weight excluding hydrogens is 540 g/mol. The van der Waals surface area contributed by atoms with Crippen molar-refractivity contribution in [2.75, 3.05) is 29.9 Å². The lowest BCUT2D eigenvalue weighted by Gasteiger charge is -2.39. The van der Waals surface area contributed by atoms with Crippen LogP contribution in [0.5, 0.6) is 0 Å². The Balaban J connectivity index is 1.24. The molecule has 5 rings (SSSR count). The number of morpholine rings is 1. The van der Waals surface area contributed by atoms with Gasteiger partial charge in [0.1, 0.15) is 17.6 Å². The van der Waals surface area contributed by atoms with Gasteiger partial charge in [0.15, 0.2) is 5.13 Å². The molecule has 3 aromatic rings. The summed E-state index contributed by atoms with van der Waals surface area (Å²) in [7, 11) is -3.56. The molecule has 1 N–H and O–H groups in total. The summed E-state index contributed by atoms with van der Waals surface area (Å²) in [4.78, 5) is 39.0. The maximum atomic E-state index is 13.0. The molecule has 5 heterocycles. The molecule has 0 spiro atoms. The summed E-state index contributed by atoms with van der Waals surface area (Å²) in [6.07, 6.45) is 3.41. The minimum absolute atomic E-state index is 0.117. The minimum atomic E-state index is -3.56. The maximum absolute atomic E-state index is 13.0. The van der Waals surface area contributed by atoms with Crippen molar-refractivity contribution in [1.29, 1.82) is 0 Å². The standard InChI is InChI=1S/C26H32N6O5S2/c1-16(2)39(35,36)31-10-8-19(14-31)25(34)32-11-9-22(32)24(33)29-26-28-21(15-38-26)20-6-5-7-23(27-20)30-12-17(3)37-18(4)13-30/h5-8,10,14-18,22H,9,11-13H2,1-4H3,(H,28,29,33)/t17-,18+,22-/m0/s1. The third kappa shape index (κ3) is 5.56. The molecule has 0 unspecified atom stereocenters. The molecule has 2 amide bonds. The number of carbonyl (C=O) groups excluding carboxylic acids is 2. The summed E-state index contributed by atoms with van der Waals surface area (Å²) in [6, 6.07) is 6.61. The fourth-order valence-electron chi connectivity index (χ4n) is 4.72. The molecule has 2 aliphatic heterocycles. The number of thiazole rings is 1. The van der Waals surface area contributed by atoms with Gasteiger partial charge in [-0.2, -0.15) is 0 Å². The number of nitrogens with zero attached hydrogens (tertiary/aromatic N) is 5. The Hall–Kier alpha value is -3.29. The monoisotopic (exact) mass is 572 g/mol. The van der Waals surface area contributed by atoms with Gasteiger partial charge in [0.05, 0.1) is 28.7 Å². The SMILES string of the molecule is CC(C)S(=O)(=O)n1ccc(C(=O)N2CC[C@H]2C(=O)Nc2nc(-c3cccc(N4C[C@@H](C)O[C@@H](C)C4)n3)cs2)c1. The molecule has 0 aromatic carbocycles. The summed E-state index contributed by atoms with van der Waals surface area (Å²) >= 11 is 1.29. The highest BCUT2D eigenvalue weighted by Crippen LogP contribution is 2.28. The van der Waals surface area contributed by atoms with E-state index in [1.165, 1.54) is 34.7 Å². The average molecular weight is 573 g/mol. The zero-order chi connectivity index (χ0) is 27.9. The number of nitrogens with one attached hydrogen (secondary N) is 1. The van der Waals surface area contributed by atoms with Crippen LogP contribution in [0.15, 0.2) is 42.0 Å². The van der Waals surface area contributed by atoms with Gasteiger partial charge in [0, 0.05) is 37.4 Å². The van der Waals surface area contributed by atoms with Crippen LogP contribution in [0, 0.1) is 0 Å². The van der Waals surface area contributed by atoms with Gasteiger partial charge in [-0.3, -0.25) is 13.6 Å². The maximum Gasteiger partial charge on any atom is 0.256 e. The second kappa shape index (κ2) is 10.7. The number of hydrogen-bond acceptors (Lipinski definition) is 9. The van der Waals surface area contributed by atoms with E-state index in [0.717, 1.165) is 22.9 Å². The van der Waals surface area contributed by atoms with E-state index in [0.29, 0.717) is 29.5 Å². The number of ether oxygens (including phenoxy) is 1. The Morgan fingerprint density at radius 1 is 1.10 bits per heavy atom. The molecule has 0 bridgehead atoms. The van der Waals surface area contributed by atoms with Gasteiger partial charge in [0.25, 0.3) is 5.91 Å². The number of amides is 2. The van der Waals surface area contributed by atoms with Crippen molar-refractivity contribution in [3.63, 3.8) is 0 Å². The fraction of sp³-hybridized carbons (Fsp3) is 0.462. The first-order chi connectivity index (χ1) is 18.5. The largest absolute Gasteiger partial charge is 0.372 e. The first-order valence-electron chi connectivity index (χ1n) is 12.9. The zero-order valence-corrected chi connectivity index (χ0v) is 23.9. The molecule has 2 saturated heterocycles. The molecule has 2 aliphatic rings. The number of anilines is 2. The van der Waals surface area contributed by atoms with Crippen LogP contribution in [0.1, 0.15) is 44.5 Å². The summed E-state index contributed by atoms with van der Waals surface area (Å²) in [5.41, 5.74) is 1.58. The predicted octanol–water partition coefficient (Wildman–Crippen LogP) is 3.06. The predicted molar refractivity (Wildman–Crippen MR) is 150 cm³/mol. The Morgan fingerprint density at radius 3 is 2.51 bits per heavy atom. The molecule has 39 heavy (non-hydrogen) atoms. The van der Waals surface area contributed by atoms with Crippen LogP contribution in [0.3, 0.4) is 0 Å². The van der Waals surface area contributed by atoms with Gasteiger partial charge >= 0.3 is 0 Å². The third-order valence-electron chi connectivity index (χ3n) is 6.86. The molecule has 0 saturated carbocycles. The van der Waals surface area contributed by atoms with Crippen LogP contribution in [0.2, 0.25) is 0 Å². The average Bonchev–Trinajstić information content (AvgIpc) is 3.53. The molecule has 0 aliphatic carbocycles. The number of hydrogen-bond donors (Lipinski definition) is 1. The third-order valence-corrected chi connectivity index (χ3v) is 9.63. The summed E-state index contributed by atoms with van der Waals surface area (Å²) in [6.45, 7) is 9.18. The van der Waals surface area contributed by atoms with E-state index in [1.54, 1.807) is 13.8 Å². The number of pyridine rings is 1. The first kappa shape index (κ1) is 27.3. The summed E-state index contributed by atoms with van der Waals surface area (Å²) in [5, 5.41) is 4.46. The van der Waals surface area contributed by atoms with Crippen molar-refractivity contribution in [2.24, 2.45) is 0 Å². The van der Waals surface area contributed by atoms with Crippen molar-refractivity contribution >= 4 is 44.1 Å². The van der Waals surface area contributed by atoms with Crippen molar-refractivity contribution in [2.45, 2.75) is 57.6 Å². The van der Waals surface area contributed by atoms with Crippen LogP contribution in [0.25, 0.3) is 11.4 Å². The van der Waals surface area contributed by atoms with Gasteiger partial charge in [-0.1, -0.05) is 6.07 Å². The smallest absolute Gasteiger partial charge is 0.256 e. The summed E-state index contributed by atoms with van der Waals surface area (Å²) in [5.74, 6) is 0.140. The van der Waals surface area contributed by atoms with Crippen LogP contribution in [0.4, 0.5) is 10.9 Å². The van der Waals surface area contributed by atoms with Crippen molar-refractivity contribution in [3.8, 4) is 11.4 Å². The van der Waals surface area contributed by atoms with E-state index in [4.69, 9.17) is 9.72 Å². The van der Waals surface area contributed by atoms with Crippen LogP contribution < -0.4 is 10.2 Å². The number of likely N-dealkylation sites (tertiary alicyclic amines) is 1. The second-order valence-corrected chi connectivity index (χ2v) is 13.4. The highest BCUT2D eigenvalue weighted by Gasteiger charge is 2.39. The topological polar surface area (TPSA) is 127 Å². The second-order valence-electron chi connectivity index (χ2n) is 10.2. The molecule has 11 nitrogen and oxygen atoms in total. The van der Waals surface area contributed by atoms with Gasteiger partial charge < -0.3 is 19.9 Å². The molecule has 3 atom stereocenters. The van der Waals surface area contributed by atoms with E-state index in [2.05, 4.69) is 15.2 Å². The lowest BCUT2D eigenvalue weighted by Crippen LogP contribution is -2.56. The van der Waals surface area contributed by atoms with Gasteiger partial charge in [-0.05, 0) is 52.3 Å². The Kier molecular flexibility index (Phi) is 7.49. The fourth-order valence-corrected chi connectivity index (χ4v) is 6.40. The van der Waals surface area contributed by atoms with Crippen molar-refractivity contribution in [3.05, 3.63) is 47.6 Å². The number of carbonyl (C=O) groups is 2. The molecule has 2 fully saturated rings. The van der Waals surface area contributed by atoms with E-state index in [9.17, 15) is 18.0 Å². The van der Waals surface area contributed by atoms with Gasteiger partial charge in [0.2, 0.25) is 15.9 Å². The molecule has 0 radical (unpaired) electrons. The van der Waals surface area contributed by atoms with E-state index < -0.39 is 21.3 Å². The van der Waals surface area contributed by atoms with E-state index in [1.807, 2.05) is 37.4 Å². The van der Waals surface area contributed by atoms with Crippen molar-refractivity contribution in [1.82, 2.24) is 18.8 Å². The Morgan fingerprint density at radius 2 is 1.85 bits per heavy atom. The van der Waals surface area contributed by atoms with E-state index in [-0.39, 0.29) is 29.6 Å². The lowest BCUT2D eigenvalue weighted by molar-refractivity contribution is -0.123. The van der Waals surface area contributed by atoms with E-state index >= 15 is 0 Å². The molecule has 3 aromatic heterocycles.